The van der Waals surface area contributed by atoms with Crippen molar-refractivity contribution in [2.75, 3.05) is 5.73 Å². The number of aromatic nitrogens is 2. The molecule has 116 valence electrons. The van der Waals surface area contributed by atoms with Gasteiger partial charge in [-0.25, -0.2) is 9.48 Å². The van der Waals surface area contributed by atoms with Gasteiger partial charge >= 0.3 is 6.09 Å². The Morgan fingerprint density at radius 3 is 2.59 bits per heavy atom. The number of nitrogens with two attached hydrogens (primary N) is 2. The normalized spacial score (nSPS) is 20.2. The number of nitrogen functional groups attached to an aromatic ring is 1. The largest absolute Gasteiger partial charge is 0.473 e. The molecule has 4 N–H and O–H groups in total. The number of nitrogens with zero attached hydrogens (tertiary/aromatic N) is 2. The highest BCUT2D eigenvalue weighted by Crippen LogP contribution is 2.32. The molecule has 0 bridgehead atoms. The fraction of sp³-hybridized carbons (Fsp3) is 0.333. The molecule has 1 heterocycles. The Morgan fingerprint density at radius 2 is 1.95 bits per heavy atom. The van der Waals surface area contributed by atoms with Gasteiger partial charge in [0.25, 0.3) is 0 Å². The number of carbonyl (C=O) groups is 1. The summed E-state index contributed by atoms with van der Waals surface area (Å²) in [4.78, 5) is 10.7. The molecule has 0 atom stereocenters. The minimum Gasteiger partial charge on any atom is -0.473 e. The number of amides is 1. The van der Waals surface area contributed by atoms with E-state index in [0.29, 0.717) is 24.5 Å². The van der Waals surface area contributed by atoms with Crippen molar-refractivity contribution in [3.05, 3.63) is 35.9 Å². The summed E-state index contributed by atoms with van der Waals surface area (Å²) in [5.41, 5.74) is 12.7. The topological polar surface area (TPSA) is 105 Å². The van der Waals surface area contributed by atoms with Gasteiger partial charge in [-0.2, -0.15) is 0 Å². The van der Waals surface area contributed by atoms with Gasteiger partial charge in [0, 0.05) is 12.8 Å². The first-order chi connectivity index (χ1) is 10.5. The number of benzene rings is 1. The Hall–Kier alpha value is -2.70. The van der Waals surface area contributed by atoms with E-state index in [4.69, 9.17) is 20.9 Å². The molecule has 1 amide bonds. The number of carbonyl (C=O) groups excluding carboxylic acids is 1. The molecule has 0 aliphatic heterocycles. The smallest absolute Gasteiger partial charge is 0.404 e. The van der Waals surface area contributed by atoms with Gasteiger partial charge in [-0.1, -0.05) is 18.2 Å². The third kappa shape index (κ3) is 2.69. The Bertz CT molecular complexity index is 678. The lowest BCUT2D eigenvalue weighted by Gasteiger charge is -2.33. The van der Waals surface area contributed by atoms with E-state index < -0.39 is 6.09 Å². The highest BCUT2D eigenvalue weighted by Gasteiger charge is 2.34. The van der Waals surface area contributed by atoms with Gasteiger partial charge in [0.2, 0.25) is 5.88 Å². The molecule has 0 spiro atoms. The van der Waals surface area contributed by atoms with Crippen LogP contribution >= 0.6 is 0 Å². The van der Waals surface area contributed by atoms with Crippen LogP contribution in [0.4, 0.5) is 10.6 Å². The SMILES string of the molecule is Cc1c(OC2CC(OC(N)=O)C2)nn(-c2ccccc2)c1N. The maximum atomic E-state index is 10.7. The van der Waals surface area contributed by atoms with Gasteiger partial charge in [-0.15, -0.1) is 5.10 Å². The van der Waals surface area contributed by atoms with Gasteiger partial charge in [0.05, 0.1) is 11.3 Å². The van der Waals surface area contributed by atoms with Crippen LogP contribution in [0.2, 0.25) is 0 Å². The quantitative estimate of drug-likeness (QED) is 0.895. The molecule has 7 heteroatoms. The molecule has 1 saturated carbocycles. The zero-order valence-corrected chi connectivity index (χ0v) is 12.2. The van der Waals surface area contributed by atoms with Crippen LogP contribution in [0.25, 0.3) is 5.69 Å². The average Bonchev–Trinajstić information content (AvgIpc) is 2.74. The molecular weight excluding hydrogens is 284 g/mol. The maximum Gasteiger partial charge on any atom is 0.404 e. The fourth-order valence-electron chi connectivity index (χ4n) is 2.40. The van der Waals surface area contributed by atoms with Crippen LogP contribution in [0, 0.1) is 6.92 Å². The summed E-state index contributed by atoms with van der Waals surface area (Å²) in [6.07, 6.45) is 0.260. The number of rotatable bonds is 4. The summed E-state index contributed by atoms with van der Waals surface area (Å²) >= 11 is 0. The Balaban J connectivity index is 1.70. The maximum absolute atomic E-state index is 10.7. The van der Waals surface area contributed by atoms with E-state index in [1.807, 2.05) is 37.3 Å². The lowest BCUT2D eigenvalue weighted by molar-refractivity contribution is -0.0218. The van der Waals surface area contributed by atoms with Gasteiger partial charge in [-0.05, 0) is 19.1 Å². The first-order valence-corrected chi connectivity index (χ1v) is 7.08. The number of para-hydroxylation sites is 1. The second-order valence-electron chi connectivity index (χ2n) is 5.33. The van der Waals surface area contributed by atoms with Crippen LogP contribution in [0.5, 0.6) is 5.88 Å². The zero-order chi connectivity index (χ0) is 15.7. The molecule has 0 saturated heterocycles. The predicted molar refractivity (Wildman–Crippen MR) is 80.8 cm³/mol. The molecule has 7 nitrogen and oxygen atoms in total. The molecule has 1 aliphatic carbocycles. The summed E-state index contributed by atoms with van der Waals surface area (Å²) in [5, 5.41) is 4.42. The van der Waals surface area contributed by atoms with Crippen molar-refractivity contribution in [2.45, 2.75) is 32.0 Å². The van der Waals surface area contributed by atoms with E-state index in [-0.39, 0.29) is 12.2 Å². The van der Waals surface area contributed by atoms with Gasteiger partial charge in [-0.3, -0.25) is 0 Å². The van der Waals surface area contributed by atoms with Crippen molar-refractivity contribution in [3.8, 4) is 11.6 Å². The van der Waals surface area contributed by atoms with E-state index in [0.717, 1.165) is 11.3 Å². The number of hydrogen-bond acceptors (Lipinski definition) is 5. The van der Waals surface area contributed by atoms with E-state index in [1.54, 1.807) is 4.68 Å². The predicted octanol–water partition coefficient (Wildman–Crippen LogP) is 1.77. The van der Waals surface area contributed by atoms with Gasteiger partial charge in [0.1, 0.15) is 18.0 Å². The first kappa shape index (κ1) is 14.2. The van der Waals surface area contributed by atoms with Gasteiger partial charge < -0.3 is 20.9 Å². The second kappa shape index (κ2) is 5.59. The molecule has 0 radical (unpaired) electrons. The minimum absolute atomic E-state index is 0.0402. The number of hydrogen-bond donors (Lipinski definition) is 2. The summed E-state index contributed by atoms with van der Waals surface area (Å²) in [6.45, 7) is 1.87. The van der Waals surface area contributed by atoms with Crippen LogP contribution in [0.1, 0.15) is 18.4 Å². The van der Waals surface area contributed by atoms with Crippen molar-refractivity contribution in [1.82, 2.24) is 9.78 Å². The molecule has 0 unspecified atom stereocenters. The molecular formula is C15H18N4O3. The monoisotopic (exact) mass is 302 g/mol. The van der Waals surface area contributed by atoms with E-state index in [2.05, 4.69) is 5.10 Å². The van der Waals surface area contributed by atoms with E-state index in [9.17, 15) is 4.79 Å². The van der Waals surface area contributed by atoms with Crippen LogP contribution in [-0.2, 0) is 4.74 Å². The molecule has 1 aliphatic rings. The lowest BCUT2D eigenvalue weighted by atomic mass is 9.92. The molecule has 3 rings (SSSR count). The Labute approximate surface area is 127 Å². The highest BCUT2D eigenvalue weighted by molar-refractivity contribution is 5.64. The fourth-order valence-corrected chi connectivity index (χ4v) is 2.40. The van der Waals surface area contributed by atoms with Crippen LogP contribution < -0.4 is 16.2 Å². The van der Waals surface area contributed by atoms with Crippen molar-refractivity contribution in [3.63, 3.8) is 0 Å². The van der Waals surface area contributed by atoms with Crippen LogP contribution in [0.15, 0.2) is 30.3 Å². The van der Waals surface area contributed by atoms with Crippen molar-refractivity contribution >= 4 is 11.9 Å². The van der Waals surface area contributed by atoms with Crippen molar-refractivity contribution in [2.24, 2.45) is 5.73 Å². The van der Waals surface area contributed by atoms with Crippen LogP contribution in [-0.4, -0.2) is 28.1 Å². The highest BCUT2D eigenvalue weighted by atomic mass is 16.6. The van der Waals surface area contributed by atoms with E-state index >= 15 is 0 Å². The summed E-state index contributed by atoms with van der Waals surface area (Å²) in [7, 11) is 0. The molecule has 1 fully saturated rings. The molecule has 1 aromatic carbocycles. The third-order valence-electron chi connectivity index (χ3n) is 3.74. The number of anilines is 1. The molecule has 1 aromatic heterocycles. The summed E-state index contributed by atoms with van der Waals surface area (Å²) in [6, 6.07) is 9.62. The second-order valence-corrected chi connectivity index (χ2v) is 5.33. The summed E-state index contributed by atoms with van der Waals surface area (Å²) < 4.78 is 12.4. The van der Waals surface area contributed by atoms with Gasteiger partial charge in [0.15, 0.2) is 0 Å². The molecule has 2 aromatic rings. The average molecular weight is 302 g/mol. The third-order valence-corrected chi connectivity index (χ3v) is 3.74. The summed E-state index contributed by atoms with van der Waals surface area (Å²) in [5.74, 6) is 1.05. The Kier molecular flexibility index (Phi) is 3.62. The number of primary amides is 1. The number of ether oxygens (including phenoxy) is 2. The van der Waals surface area contributed by atoms with Crippen molar-refractivity contribution < 1.29 is 14.3 Å². The lowest BCUT2D eigenvalue weighted by Crippen LogP contribution is -2.41. The Morgan fingerprint density at radius 1 is 1.27 bits per heavy atom. The van der Waals surface area contributed by atoms with Crippen molar-refractivity contribution in [1.29, 1.82) is 0 Å². The standard InChI is InChI=1S/C15H18N4O3/c1-9-13(16)19(10-5-3-2-4-6-10)18-14(9)21-11-7-12(8-11)22-15(17)20/h2-6,11-12H,7-8,16H2,1H3,(H2,17,20). The molecule has 22 heavy (non-hydrogen) atoms. The van der Waals surface area contributed by atoms with E-state index in [1.165, 1.54) is 0 Å². The van der Waals surface area contributed by atoms with Crippen LogP contribution in [0.3, 0.4) is 0 Å². The first-order valence-electron chi connectivity index (χ1n) is 7.08. The minimum atomic E-state index is -0.753. The zero-order valence-electron chi connectivity index (χ0n) is 12.2.